The van der Waals surface area contributed by atoms with Crippen LogP contribution in [-0.2, 0) is 17.4 Å². The van der Waals surface area contributed by atoms with Gasteiger partial charge >= 0.3 is 12.2 Å². The molecular formula is C21H26F3N6O2. The van der Waals surface area contributed by atoms with Crippen LogP contribution in [0.5, 0.6) is 0 Å². The maximum atomic E-state index is 13.4. The lowest BCUT2D eigenvalue weighted by atomic mass is 10.00. The van der Waals surface area contributed by atoms with Crippen molar-refractivity contribution in [1.82, 2.24) is 24.9 Å². The van der Waals surface area contributed by atoms with E-state index < -0.39 is 17.8 Å². The average molecular weight is 451 g/mol. The van der Waals surface area contributed by atoms with E-state index in [0.29, 0.717) is 43.2 Å². The number of benzene rings is 1. The summed E-state index contributed by atoms with van der Waals surface area (Å²) < 4.78 is 40.1. The molecule has 2 saturated heterocycles. The summed E-state index contributed by atoms with van der Waals surface area (Å²) >= 11 is 0. The highest BCUT2D eigenvalue weighted by molar-refractivity contribution is 5.86. The van der Waals surface area contributed by atoms with Gasteiger partial charge in [-0.3, -0.25) is 14.8 Å². The molecule has 1 aromatic carbocycles. The second-order valence-electron chi connectivity index (χ2n) is 8.30. The molecule has 0 saturated carbocycles. The van der Waals surface area contributed by atoms with Crippen LogP contribution in [0.2, 0.25) is 0 Å². The first-order valence-corrected chi connectivity index (χ1v) is 10.7. The Bertz CT molecular complexity index is 976. The summed E-state index contributed by atoms with van der Waals surface area (Å²) in [6, 6.07) is 2.65. The molecule has 2 aromatic rings. The molecule has 2 aliphatic rings. The molecule has 11 heteroatoms. The lowest BCUT2D eigenvalue weighted by Gasteiger charge is -2.42. The number of nitrogens with zero attached hydrogens (tertiary/aromatic N) is 4. The molecule has 4 rings (SSSR count). The maximum absolute atomic E-state index is 13.4. The van der Waals surface area contributed by atoms with Gasteiger partial charge in [-0.25, -0.2) is 4.79 Å². The fraction of sp³-hybridized carbons (Fsp3) is 0.524. The predicted octanol–water partition coefficient (Wildman–Crippen LogP) is 2.02. The van der Waals surface area contributed by atoms with Crippen LogP contribution in [0.3, 0.4) is 0 Å². The summed E-state index contributed by atoms with van der Waals surface area (Å²) in [5.74, 6) is -0.164. The number of rotatable bonds is 4. The van der Waals surface area contributed by atoms with Crippen molar-refractivity contribution in [2.45, 2.75) is 31.5 Å². The van der Waals surface area contributed by atoms with Gasteiger partial charge in [-0.05, 0) is 37.0 Å². The summed E-state index contributed by atoms with van der Waals surface area (Å²) in [5, 5.41) is 6.46. The molecule has 3 heterocycles. The Balaban J connectivity index is 1.29. The summed E-state index contributed by atoms with van der Waals surface area (Å²) in [7, 11) is 0. The van der Waals surface area contributed by atoms with Gasteiger partial charge in [-0.2, -0.15) is 18.3 Å². The number of halogens is 3. The molecule has 2 fully saturated rings. The number of amides is 3. The molecule has 8 nitrogen and oxygen atoms in total. The van der Waals surface area contributed by atoms with Gasteiger partial charge in [0.05, 0.1) is 23.7 Å². The van der Waals surface area contributed by atoms with Crippen LogP contribution in [0.1, 0.15) is 24.0 Å². The number of piperidine rings is 1. The van der Waals surface area contributed by atoms with Crippen LogP contribution < -0.4 is 5.73 Å². The number of hydrogen-bond donors (Lipinski definition) is 2. The zero-order chi connectivity index (χ0) is 22.9. The van der Waals surface area contributed by atoms with Gasteiger partial charge in [0, 0.05) is 50.7 Å². The quantitative estimate of drug-likeness (QED) is 0.743. The number of hydrogen-bond acceptors (Lipinski definition) is 4. The molecule has 173 valence electrons. The van der Waals surface area contributed by atoms with E-state index in [-0.39, 0.29) is 17.8 Å². The SMILES string of the molecule is NC(=O)N1CCN(C2CCN(C(=O)[CH]Cc3cc(C(F)(F)F)c4[nH]ncc4c3)CC2)CC1. The lowest BCUT2D eigenvalue weighted by Crippen LogP contribution is -2.55. The van der Waals surface area contributed by atoms with Crippen LogP contribution in [-0.4, -0.2) is 82.1 Å². The Hall–Kier alpha value is -2.82. The molecule has 0 unspecified atom stereocenters. The van der Waals surface area contributed by atoms with E-state index in [1.165, 1.54) is 12.6 Å². The van der Waals surface area contributed by atoms with Crippen molar-refractivity contribution in [2.24, 2.45) is 5.73 Å². The van der Waals surface area contributed by atoms with Gasteiger partial charge in [-0.1, -0.05) is 0 Å². The third-order valence-corrected chi connectivity index (χ3v) is 6.34. The van der Waals surface area contributed by atoms with Gasteiger partial charge < -0.3 is 15.5 Å². The Labute approximate surface area is 183 Å². The van der Waals surface area contributed by atoms with Gasteiger partial charge in [0.25, 0.3) is 0 Å². The molecule has 0 aliphatic carbocycles. The van der Waals surface area contributed by atoms with E-state index >= 15 is 0 Å². The monoisotopic (exact) mass is 451 g/mol. The number of likely N-dealkylation sites (tertiary alicyclic amines) is 1. The minimum absolute atomic E-state index is 0.0497. The number of primary amides is 1. The van der Waals surface area contributed by atoms with Gasteiger partial charge in [0.15, 0.2) is 0 Å². The Morgan fingerprint density at radius 1 is 1.09 bits per heavy atom. The first-order chi connectivity index (χ1) is 15.2. The van der Waals surface area contributed by atoms with Crippen LogP contribution >= 0.6 is 0 Å². The summed E-state index contributed by atoms with van der Waals surface area (Å²) in [5.41, 5.74) is 4.92. The van der Waals surface area contributed by atoms with E-state index in [0.717, 1.165) is 32.0 Å². The molecule has 3 N–H and O–H groups in total. The van der Waals surface area contributed by atoms with E-state index in [4.69, 9.17) is 5.73 Å². The fourth-order valence-electron chi connectivity index (χ4n) is 4.55. The van der Waals surface area contributed by atoms with Crippen molar-refractivity contribution in [3.05, 3.63) is 35.9 Å². The van der Waals surface area contributed by atoms with Crippen LogP contribution in [0, 0.1) is 6.42 Å². The van der Waals surface area contributed by atoms with Gasteiger partial charge in [-0.15, -0.1) is 0 Å². The second kappa shape index (κ2) is 8.97. The summed E-state index contributed by atoms with van der Waals surface area (Å²) in [4.78, 5) is 29.6. The first kappa shape index (κ1) is 22.4. The highest BCUT2D eigenvalue weighted by Gasteiger charge is 2.34. The van der Waals surface area contributed by atoms with E-state index in [9.17, 15) is 22.8 Å². The van der Waals surface area contributed by atoms with E-state index in [1.807, 2.05) is 0 Å². The molecule has 32 heavy (non-hydrogen) atoms. The van der Waals surface area contributed by atoms with Crippen molar-refractivity contribution in [3.8, 4) is 0 Å². The number of carbonyl (C=O) groups is 2. The topological polar surface area (TPSA) is 98.6 Å². The number of urea groups is 1. The van der Waals surface area contributed by atoms with Crippen molar-refractivity contribution in [3.63, 3.8) is 0 Å². The normalized spacial score (nSPS) is 19.0. The van der Waals surface area contributed by atoms with Crippen LogP contribution in [0.15, 0.2) is 18.3 Å². The van der Waals surface area contributed by atoms with Crippen molar-refractivity contribution in [2.75, 3.05) is 39.3 Å². The van der Waals surface area contributed by atoms with Gasteiger partial charge in [0.1, 0.15) is 0 Å². The lowest BCUT2D eigenvalue weighted by molar-refractivity contribution is -0.136. The zero-order valence-corrected chi connectivity index (χ0v) is 17.6. The second-order valence-corrected chi connectivity index (χ2v) is 8.30. The van der Waals surface area contributed by atoms with Crippen molar-refractivity contribution >= 4 is 22.8 Å². The zero-order valence-electron chi connectivity index (χ0n) is 17.6. The molecule has 2 aliphatic heterocycles. The summed E-state index contributed by atoms with van der Waals surface area (Å²) in [6.07, 6.45) is 0.0790. The number of alkyl halides is 3. The number of piperazine rings is 1. The Morgan fingerprint density at radius 2 is 1.78 bits per heavy atom. The van der Waals surface area contributed by atoms with Crippen molar-refractivity contribution in [1.29, 1.82) is 0 Å². The minimum atomic E-state index is -4.50. The predicted molar refractivity (Wildman–Crippen MR) is 111 cm³/mol. The molecule has 0 bridgehead atoms. The number of fused-ring (bicyclic) bond motifs is 1. The van der Waals surface area contributed by atoms with Gasteiger partial charge in [0.2, 0.25) is 5.91 Å². The third kappa shape index (κ3) is 4.82. The molecule has 1 radical (unpaired) electrons. The van der Waals surface area contributed by atoms with Crippen molar-refractivity contribution < 1.29 is 22.8 Å². The summed E-state index contributed by atoms with van der Waals surface area (Å²) in [6.45, 7) is 3.97. The van der Waals surface area contributed by atoms with Crippen LogP contribution in [0.4, 0.5) is 18.0 Å². The number of carbonyl (C=O) groups excluding carboxylic acids is 2. The molecule has 0 atom stereocenters. The highest BCUT2D eigenvalue weighted by Crippen LogP contribution is 2.35. The fourth-order valence-corrected chi connectivity index (χ4v) is 4.55. The standard InChI is InChI=1S/C21H26F3N6O2/c22-21(23,24)17-12-14(11-15-13-26-27-19(15)17)1-2-18(31)29-5-3-16(4-6-29)28-7-9-30(10-8-28)20(25)32/h2,11-13,16H,1,3-10H2,(H2,25,32)(H,26,27). The molecular weight excluding hydrogens is 425 g/mol. The average Bonchev–Trinajstić information content (AvgIpc) is 3.25. The Kier molecular flexibility index (Phi) is 6.27. The maximum Gasteiger partial charge on any atom is 0.418 e. The largest absolute Gasteiger partial charge is 0.418 e. The smallest absolute Gasteiger partial charge is 0.351 e. The first-order valence-electron chi connectivity index (χ1n) is 10.7. The Morgan fingerprint density at radius 3 is 2.41 bits per heavy atom. The number of aromatic nitrogens is 2. The van der Waals surface area contributed by atoms with E-state index in [2.05, 4.69) is 15.1 Å². The van der Waals surface area contributed by atoms with E-state index in [1.54, 1.807) is 15.9 Å². The number of nitrogens with two attached hydrogens (primary N) is 1. The number of H-pyrrole nitrogens is 1. The molecule has 1 aromatic heterocycles. The minimum Gasteiger partial charge on any atom is -0.351 e. The molecule has 0 spiro atoms. The highest BCUT2D eigenvalue weighted by atomic mass is 19.4. The number of nitrogens with one attached hydrogen (secondary N) is 1. The third-order valence-electron chi connectivity index (χ3n) is 6.34. The molecule has 3 amide bonds. The van der Waals surface area contributed by atoms with Crippen LogP contribution in [0.25, 0.3) is 10.9 Å². The number of aromatic amines is 1.